The minimum Gasteiger partial charge on any atom is -0.295 e. The van der Waals surface area contributed by atoms with Crippen molar-refractivity contribution < 1.29 is 27.6 Å². The smallest absolute Gasteiger partial charge is 0.262 e. The number of piperidine rings is 1. The van der Waals surface area contributed by atoms with Crippen molar-refractivity contribution in [3.8, 4) is 0 Å². The Kier molecular flexibility index (Phi) is 5.06. The summed E-state index contributed by atoms with van der Waals surface area (Å²) in [4.78, 5) is 49.8. The zero-order valence-corrected chi connectivity index (χ0v) is 17.7. The fraction of sp³-hybridized carbons (Fsp3) is 0.200. The number of carbonyl (C=O) groups is 4. The highest BCUT2D eigenvalue weighted by atomic mass is 35.5. The fourth-order valence-corrected chi connectivity index (χ4v) is 4.81. The second kappa shape index (κ2) is 7.47. The van der Waals surface area contributed by atoms with Gasteiger partial charge in [0.15, 0.2) is 0 Å². The van der Waals surface area contributed by atoms with Gasteiger partial charge in [0.05, 0.1) is 16.0 Å². The van der Waals surface area contributed by atoms with Crippen molar-refractivity contribution in [3.63, 3.8) is 0 Å². The van der Waals surface area contributed by atoms with E-state index in [9.17, 15) is 27.6 Å². The van der Waals surface area contributed by atoms with E-state index in [0.717, 1.165) is 10.5 Å². The van der Waals surface area contributed by atoms with Gasteiger partial charge in [-0.25, -0.2) is 8.42 Å². The van der Waals surface area contributed by atoms with Gasteiger partial charge in [0.1, 0.15) is 6.04 Å². The van der Waals surface area contributed by atoms with Gasteiger partial charge in [-0.15, -0.1) is 0 Å². The highest BCUT2D eigenvalue weighted by molar-refractivity contribution is 7.92. The number of imide groups is 2. The number of nitrogens with zero attached hydrogens (tertiary/aromatic N) is 1. The first kappa shape index (κ1) is 21.0. The maximum absolute atomic E-state index is 12.8. The first-order valence-corrected chi connectivity index (χ1v) is 11.1. The van der Waals surface area contributed by atoms with E-state index in [0.29, 0.717) is 0 Å². The molecule has 0 aromatic heterocycles. The molecule has 0 bridgehead atoms. The molecular weight excluding hydrogens is 446 g/mol. The molecule has 1 saturated heterocycles. The lowest BCUT2D eigenvalue weighted by atomic mass is 10.0. The van der Waals surface area contributed by atoms with Crippen LogP contribution < -0.4 is 10.0 Å². The molecule has 2 aromatic rings. The van der Waals surface area contributed by atoms with E-state index in [1.54, 1.807) is 13.0 Å². The van der Waals surface area contributed by atoms with Crippen LogP contribution in [0.5, 0.6) is 0 Å². The summed E-state index contributed by atoms with van der Waals surface area (Å²) in [6, 6.07) is 7.10. The van der Waals surface area contributed by atoms with E-state index in [1.807, 2.05) is 0 Å². The quantitative estimate of drug-likeness (QED) is 0.668. The topological polar surface area (TPSA) is 130 Å². The van der Waals surface area contributed by atoms with Gasteiger partial charge in [-0.05, 0) is 49.2 Å². The zero-order chi connectivity index (χ0) is 22.5. The Bertz CT molecular complexity index is 1270. The molecule has 1 fully saturated rings. The number of hydrogen-bond donors (Lipinski definition) is 2. The summed E-state index contributed by atoms with van der Waals surface area (Å²) in [5.41, 5.74) is 0.811. The number of benzene rings is 2. The van der Waals surface area contributed by atoms with E-state index < -0.39 is 39.7 Å². The Morgan fingerprint density at radius 2 is 1.74 bits per heavy atom. The van der Waals surface area contributed by atoms with Crippen molar-refractivity contribution in [2.75, 3.05) is 4.72 Å². The molecular formula is C20H16ClN3O6S. The molecule has 4 rings (SSSR count). The highest BCUT2D eigenvalue weighted by Crippen LogP contribution is 2.30. The van der Waals surface area contributed by atoms with Crippen LogP contribution in [0.1, 0.15) is 39.1 Å². The van der Waals surface area contributed by atoms with Gasteiger partial charge in [-0.1, -0.05) is 17.7 Å². The minimum atomic E-state index is -4.00. The number of sulfonamides is 1. The Hall–Kier alpha value is -3.24. The molecule has 1 atom stereocenters. The van der Waals surface area contributed by atoms with Crippen LogP contribution in [0.2, 0.25) is 5.02 Å². The van der Waals surface area contributed by atoms with Crippen LogP contribution in [0.4, 0.5) is 5.69 Å². The number of carbonyl (C=O) groups excluding carboxylic acids is 4. The van der Waals surface area contributed by atoms with Gasteiger partial charge >= 0.3 is 0 Å². The zero-order valence-electron chi connectivity index (χ0n) is 16.1. The van der Waals surface area contributed by atoms with Crippen LogP contribution in [0.15, 0.2) is 41.3 Å². The van der Waals surface area contributed by atoms with Crippen molar-refractivity contribution in [2.45, 2.75) is 30.7 Å². The van der Waals surface area contributed by atoms with E-state index in [-0.39, 0.29) is 39.6 Å². The summed E-state index contributed by atoms with van der Waals surface area (Å²) in [6.07, 6.45) is 0.0395. The number of fused-ring (bicyclic) bond motifs is 1. The molecule has 2 N–H and O–H groups in total. The Balaban J connectivity index is 1.62. The number of nitrogens with one attached hydrogen (secondary N) is 2. The summed E-state index contributed by atoms with van der Waals surface area (Å²) in [6.45, 7) is 1.74. The molecule has 2 aromatic carbocycles. The van der Waals surface area contributed by atoms with Gasteiger partial charge in [-0.3, -0.25) is 34.1 Å². The standard InChI is InChI=1S/C20H16ClN3O6S/c1-10-2-4-12(9-15(10)21)31(29,30)23-11-3-5-13-14(8-11)20(28)24(19(13)27)16-6-7-17(25)22-18(16)26/h2-5,8-9,16,23H,6-7H2,1H3,(H,22,25,26). The van der Waals surface area contributed by atoms with Gasteiger partial charge < -0.3 is 0 Å². The lowest BCUT2D eigenvalue weighted by Crippen LogP contribution is -2.54. The first-order valence-electron chi connectivity index (χ1n) is 9.23. The summed E-state index contributed by atoms with van der Waals surface area (Å²) < 4.78 is 27.7. The number of anilines is 1. The maximum atomic E-state index is 12.8. The minimum absolute atomic E-state index is 0.00791. The van der Waals surface area contributed by atoms with Crippen LogP contribution >= 0.6 is 11.6 Å². The third-order valence-electron chi connectivity index (χ3n) is 5.15. The first-order chi connectivity index (χ1) is 14.6. The molecule has 0 saturated carbocycles. The molecule has 2 heterocycles. The van der Waals surface area contributed by atoms with E-state index in [2.05, 4.69) is 10.0 Å². The third kappa shape index (κ3) is 3.68. The van der Waals surface area contributed by atoms with Crippen molar-refractivity contribution in [1.29, 1.82) is 0 Å². The molecule has 4 amide bonds. The molecule has 0 radical (unpaired) electrons. The SMILES string of the molecule is Cc1ccc(S(=O)(=O)Nc2ccc3c(c2)C(=O)N(C2CCC(=O)NC2=O)C3=O)cc1Cl. The van der Waals surface area contributed by atoms with Crippen molar-refractivity contribution in [1.82, 2.24) is 10.2 Å². The molecule has 31 heavy (non-hydrogen) atoms. The van der Waals surface area contributed by atoms with Crippen LogP contribution in [0.3, 0.4) is 0 Å². The monoisotopic (exact) mass is 461 g/mol. The predicted molar refractivity (Wildman–Crippen MR) is 110 cm³/mol. The molecule has 0 aliphatic carbocycles. The van der Waals surface area contributed by atoms with Crippen molar-refractivity contribution in [3.05, 3.63) is 58.1 Å². The Labute approximate surface area is 182 Å². The fourth-order valence-electron chi connectivity index (χ4n) is 3.49. The van der Waals surface area contributed by atoms with E-state index in [1.165, 1.54) is 30.3 Å². The second-order valence-corrected chi connectivity index (χ2v) is 9.31. The number of hydrogen-bond acceptors (Lipinski definition) is 6. The lowest BCUT2D eigenvalue weighted by Gasteiger charge is -2.27. The average molecular weight is 462 g/mol. The second-order valence-electron chi connectivity index (χ2n) is 7.22. The van der Waals surface area contributed by atoms with Crippen LogP contribution in [0.25, 0.3) is 0 Å². The molecule has 2 aliphatic heterocycles. The number of amides is 4. The average Bonchev–Trinajstić information content (AvgIpc) is 2.94. The number of rotatable bonds is 4. The van der Waals surface area contributed by atoms with Crippen molar-refractivity contribution >= 4 is 50.9 Å². The van der Waals surface area contributed by atoms with Gasteiger partial charge in [-0.2, -0.15) is 0 Å². The summed E-state index contributed by atoms with van der Waals surface area (Å²) in [5, 5.41) is 2.41. The molecule has 9 nitrogen and oxygen atoms in total. The van der Waals surface area contributed by atoms with Crippen LogP contribution in [-0.4, -0.2) is 43.0 Å². The molecule has 160 valence electrons. The van der Waals surface area contributed by atoms with Gasteiger partial charge in [0.25, 0.3) is 21.8 Å². The largest absolute Gasteiger partial charge is 0.295 e. The summed E-state index contributed by atoms with van der Waals surface area (Å²) >= 11 is 6.01. The number of halogens is 1. The number of aryl methyl sites for hydroxylation is 1. The Morgan fingerprint density at radius 1 is 1.03 bits per heavy atom. The molecule has 0 spiro atoms. The van der Waals surface area contributed by atoms with Crippen LogP contribution in [-0.2, 0) is 19.6 Å². The molecule has 1 unspecified atom stereocenters. The Morgan fingerprint density at radius 3 is 2.42 bits per heavy atom. The van der Waals surface area contributed by atoms with Crippen LogP contribution in [0, 0.1) is 6.92 Å². The normalized spacial score (nSPS) is 18.8. The summed E-state index contributed by atoms with van der Waals surface area (Å²) in [5.74, 6) is -2.59. The lowest BCUT2D eigenvalue weighted by molar-refractivity contribution is -0.136. The molecule has 2 aliphatic rings. The van der Waals surface area contributed by atoms with E-state index >= 15 is 0 Å². The predicted octanol–water partition coefficient (Wildman–Crippen LogP) is 1.85. The van der Waals surface area contributed by atoms with Gasteiger partial charge in [0, 0.05) is 17.1 Å². The highest BCUT2D eigenvalue weighted by Gasteiger charge is 2.44. The van der Waals surface area contributed by atoms with Crippen molar-refractivity contribution in [2.24, 2.45) is 0 Å². The summed E-state index contributed by atoms with van der Waals surface area (Å²) in [7, 11) is -4.00. The van der Waals surface area contributed by atoms with E-state index in [4.69, 9.17) is 11.6 Å². The van der Waals surface area contributed by atoms with Gasteiger partial charge in [0.2, 0.25) is 11.8 Å². The third-order valence-corrected chi connectivity index (χ3v) is 6.93. The maximum Gasteiger partial charge on any atom is 0.262 e. The molecule has 11 heteroatoms.